The summed E-state index contributed by atoms with van der Waals surface area (Å²) in [6.45, 7) is 2.97. The molecule has 0 radical (unpaired) electrons. The molecule has 0 spiro atoms. The van der Waals surface area contributed by atoms with Crippen molar-refractivity contribution in [2.45, 2.75) is 36.1 Å². The van der Waals surface area contributed by atoms with Crippen molar-refractivity contribution in [1.82, 2.24) is 19.6 Å². The van der Waals surface area contributed by atoms with E-state index < -0.39 is 17.7 Å². The summed E-state index contributed by atoms with van der Waals surface area (Å²) in [4.78, 5) is 18.1. The Bertz CT molecular complexity index is 1380. The largest absolute Gasteiger partial charge is 0.447 e. The minimum Gasteiger partial charge on any atom is -0.376 e. The van der Waals surface area contributed by atoms with Gasteiger partial charge in [-0.1, -0.05) is 5.92 Å². The molecule has 1 aliphatic heterocycles. The second kappa shape index (κ2) is 11.5. The predicted octanol–water partition coefficient (Wildman–Crippen LogP) is 4.53. The Hall–Kier alpha value is -3.43. The van der Waals surface area contributed by atoms with Crippen LogP contribution >= 0.6 is 11.8 Å². The molecular formula is C26H28F4N6OS. The number of imidazole rings is 1. The Morgan fingerprint density at radius 1 is 1.26 bits per heavy atom. The summed E-state index contributed by atoms with van der Waals surface area (Å²) in [5, 5.41) is 8.67. The fourth-order valence-corrected chi connectivity index (χ4v) is 4.94. The molecule has 3 aromatic rings. The maximum absolute atomic E-state index is 14.6. The number of likely N-dealkylation sites (tertiary alicyclic amines) is 1. The first-order valence-corrected chi connectivity index (χ1v) is 12.8. The maximum atomic E-state index is 14.6. The molecule has 1 fully saturated rings. The van der Waals surface area contributed by atoms with E-state index in [0.717, 1.165) is 11.3 Å². The molecule has 3 N–H and O–H groups in total. The molecule has 202 valence electrons. The first kappa shape index (κ1) is 27.6. The number of thioether (sulfide) groups is 1. The number of carbonyl (C=O) groups excluding carboxylic acids is 1. The van der Waals surface area contributed by atoms with Crippen molar-refractivity contribution >= 4 is 34.7 Å². The number of fused-ring (bicyclic) bond motifs is 1. The van der Waals surface area contributed by atoms with E-state index >= 15 is 0 Å². The van der Waals surface area contributed by atoms with Gasteiger partial charge in [0.05, 0.1) is 18.3 Å². The minimum absolute atomic E-state index is 0.0183. The number of aromatic nitrogens is 2. The van der Waals surface area contributed by atoms with Crippen LogP contribution in [0.15, 0.2) is 41.6 Å². The number of hydrogen-bond donors (Lipinski definition) is 3. The van der Waals surface area contributed by atoms with Gasteiger partial charge >= 0.3 is 5.51 Å². The van der Waals surface area contributed by atoms with Gasteiger partial charge in [0, 0.05) is 49.3 Å². The van der Waals surface area contributed by atoms with Crippen molar-refractivity contribution < 1.29 is 22.4 Å². The molecule has 4 rings (SSSR count). The number of amides is 1. The minimum atomic E-state index is -4.55. The molecule has 0 bridgehead atoms. The molecule has 1 aromatic carbocycles. The Morgan fingerprint density at radius 2 is 2.05 bits per heavy atom. The van der Waals surface area contributed by atoms with Gasteiger partial charge in [0.1, 0.15) is 16.9 Å². The van der Waals surface area contributed by atoms with Crippen LogP contribution in [0.1, 0.15) is 28.0 Å². The van der Waals surface area contributed by atoms with Gasteiger partial charge in [-0.05, 0) is 62.2 Å². The molecule has 1 amide bonds. The van der Waals surface area contributed by atoms with Crippen LogP contribution in [-0.2, 0) is 0 Å². The highest BCUT2D eigenvalue weighted by Crippen LogP contribution is 2.39. The number of piperidine rings is 1. The van der Waals surface area contributed by atoms with Crippen LogP contribution in [-0.4, -0.2) is 71.6 Å². The van der Waals surface area contributed by atoms with Gasteiger partial charge in [0.2, 0.25) is 0 Å². The third kappa shape index (κ3) is 6.52. The van der Waals surface area contributed by atoms with Crippen molar-refractivity contribution in [3.05, 3.63) is 53.3 Å². The van der Waals surface area contributed by atoms with Crippen LogP contribution in [0.4, 0.5) is 28.9 Å². The average molecular weight is 549 g/mol. The molecule has 1 saturated heterocycles. The molecule has 7 nitrogen and oxygen atoms in total. The Kier molecular flexibility index (Phi) is 8.38. The van der Waals surface area contributed by atoms with Crippen molar-refractivity contribution in [2.75, 3.05) is 44.4 Å². The van der Waals surface area contributed by atoms with Gasteiger partial charge in [0.25, 0.3) is 5.91 Å². The van der Waals surface area contributed by atoms with Crippen molar-refractivity contribution in [1.29, 1.82) is 0 Å². The topological polar surface area (TPSA) is 73.7 Å². The van der Waals surface area contributed by atoms with E-state index in [0.29, 0.717) is 24.2 Å². The lowest BCUT2D eigenvalue weighted by atomic mass is 10.0. The van der Waals surface area contributed by atoms with E-state index in [2.05, 4.69) is 32.8 Å². The zero-order valence-electron chi connectivity index (χ0n) is 21.1. The average Bonchev–Trinajstić information content (AvgIpc) is 3.20. The van der Waals surface area contributed by atoms with Crippen LogP contribution in [0.25, 0.3) is 5.65 Å². The summed E-state index contributed by atoms with van der Waals surface area (Å²) < 4.78 is 56.2. The first-order chi connectivity index (χ1) is 18.1. The predicted molar refractivity (Wildman–Crippen MR) is 141 cm³/mol. The normalized spacial score (nSPS) is 18.1. The number of benzene rings is 1. The highest BCUT2D eigenvalue weighted by Gasteiger charge is 2.33. The van der Waals surface area contributed by atoms with Crippen LogP contribution in [0.2, 0.25) is 0 Å². The Labute approximate surface area is 222 Å². The first-order valence-electron chi connectivity index (χ1n) is 12.0. The monoisotopic (exact) mass is 548 g/mol. The van der Waals surface area contributed by atoms with Gasteiger partial charge in [0.15, 0.2) is 5.65 Å². The van der Waals surface area contributed by atoms with E-state index in [1.165, 1.54) is 10.6 Å². The third-order valence-electron chi connectivity index (χ3n) is 6.19. The fraction of sp³-hybridized carbons (Fsp3) is 0.385. The smallest absolute Gasteiger partial charge is 0.376 e. The molecule has 2 atom stereocenters. The Morgan fingerprint density at radius 3 is 2.74 bits per heavy atom. The highest BCUT2D eigenvalue weighted by molar-refractivity contribution is 8.00. The van der Waals surface area contributed by atoms with Gasteiger partial charge in [-0.15, -0.1) is 0 Å². The standard InChI is InChI=1S/C26H28F4N6OS/c1-16-14-17(24(37)31-2)8-9-19(16)32-11-4-6-22-25(38-26(28,29)30)36-12-5-7-21(23(36)34-22)33-20-10-13-35(3)15-18(20)27/h5,7-9,12,14,18,20,32-33H,10-11,13,15H2,1-3H3,(H,31,37)/t18-,20+/m0/s1. The quantitative estimate of drug-likeness (QED) is 0.239. The number of rotatable bonds is 6. The van der Waals surface area contributed by atoms with E-state index in [4.69, 9.17) is 0 Å². The molecule has 12 heteroatoms. The number of nitrogens with zero attached hydrogens (tertiary/aromatic N) is 3. The number of halogens is 4. The summed E-state index contributed by atoms with van der Waals surface area (Å²) in [6, 6.07) is 7.96. The second-order valence-corrected chi connectivity index (χ2v) is 10.1. The zero-order valence-corrected chi connectivity index (χ0v) is 21.9. The number of anilines is 2. The molecule has 0 aliphatic carbocycles. The van der Waals surface area contributed by atoms with Crippen molar-refractivity contribution in [3.63, 3.8) is 0 Å². The van der Waals surface area contributed by atoms with Crippen LogP contribution < -0.4 is 16.0 Å². The zero-order chi connectivity index (χ0) is 27.4. The van der Waals surface area contributed by atoms with Crippen LogP contribution in [0, 0.1) is 18.8 Å². The lowest BCUT2D eigenvalue weighted by Gasteiger charge is -2.33. The van der Waals surface area contributed by atoms with Crippen LogP contribution in [0.5, 0.6) is 0 Å². The number of nitrogens with one attached hydrogen (secondary N) is 3. The lowest BCUT2D eigenvalue weighted by Crippen LogP contribution is -2.46. The number of carbonyl (C=O) groups is 1. The number of alkyl halides is 4. The lowest BCUT2D eigenvalue weighted by molar-refractivity contribution is -0.0330. The number of hydrogen-bond acceptors (Lipinski definition) is 6. The van der Waals surface area contributed by atoms with Crippen LogP contribution in [0.3, 0.4) is 0 Å². The van der Waals surface area contributed by atoms with Crippen molar-refractivity contribution in [2.24, 2.45) is 0 Å². The summed E-state index contributed by atoms with van der Waals surface area (Å²) in [6.07, 6.45) is 0.933. The number of pyridine rings is 1. The SMILES string of the molecule is CNC(=O)c1ccc(NCC#Cc2nc3c(N[C@@H]4CCN(C)C[C@@H]4F)cccn3c2SC(F)(F)F)c(C)c1. The molecule has 38 heavy (non-hydrogen) atoms. The summed E-state index contributed by atoms with van der Waals surface area (Å²) in [5.41, 5.74) is -1.77. The molecule has 3 heterocycles. The molecule has 1 aliphatic rings. The van der Waals surface area contributed by atoms with Crippen molar-refractivity contribution in [3.8, 4) is 11.8 Å². The fourth-order valence-electron chi connectivity index (χ4n) is 4.28. The van der Waals surface area contributed by atoms with E-state index in [1.807, 2.05) is 18.9 Å². The summed E-state index contributed by atoms with van der Waals surface area (Å²) in [5.74, 6) is 5.40. The number of aryl methyl sites for hydroxylation is 1. The van der Waals surface area contributed by atoms with Gasteiger partial charge in [-0.2, -0.15) is 13.2 Å². The van der Waals surface area contributed by atoms with E-state index in [9.17, 15) is 22.4 Å². The van der Waals surface area contributed by atoms with Gasteiger partial charge in [-0.3, -0.25) is 9.20 Å². The third-order valence-corrected chi connectivity index (χ3v) is 7.01. The molecule has 0 unspecified atom stereocenters. The molecule has 0 saturated carbocycles. The maximum Gasteiger partial charge on any atom is 0.447 e. The van der Waals surface area contributed by atoms with E-state index in [1.54, 1.807) is 37.4 Å². The summed E-state index contributed by atoms with van der Waals surface area (Å²) in [7, 11) is 3.40. The van der Waals surface area contributed by atoms with Gasteiger partial charge in [-0.25, -0.2) is 9.37 Å². The molecular weight excluding hydrogens is 520 g/mol. The highest BCUT2D eigenvalue weighted by atomic mass is 32.2. The van der Waals surface area contributed by atoms with Gasteiger partial charge < -0.3 is 20.9 Å². The Balaban J connectivity index is 1.58. The summed E-state index contributed by atoms with van der Waals surface area (Å²) >= 11 is -0.286. The van der Waals surface area contributed by atoms with E-state index in [-0.39, 0.29) is 47.1 Å². The molecule has 2 aromatic heterocycles. The second-order valence-electron chi connectivity index (χ2n) is 9.01.